The Morgan fingerprint density at radius 3 is 1.40 bits per heavy atom. The number of hydrogen-bond donors (Lipinski definition) is 10. The SMILES string of the molecule is CC(C)C[C@H](NC(=O)[C@H](CO)NC(=O)[C@H](C)NC(=O)[C@H](C)NC(=O)[C@@H](N)CC(C)C)C(=O)N[C@H](C(=O)N[C@H](C(=O)N[C@@H](Cc1ccccc1)C(=O)O)C(C)C)C(C)C. The van der Waals surface area contributed by atoms with E-state index in [1.807, 2.05) is 13.8 Å². The average Bonchev–Trinajstić information content (AvgIpc) is 3.13. The number of amides is 7. The maximum absolute atomic E-state index is 13.7. The molecule has 1 aromatic carbocycles. The van der Waals surface area contributed by atoms with Gasteiger partial charge in [0.2, 0.25) is 41.4 Å². The van der Waals surface area contributed by atoms with Gasteiger partial charge >= 0.3 is 5.97 Å². The normalized spacial score (nSPS) is 15.5. The summed E-state index contributed by atoms with van der Waals surface area (Å²) >= 11 is 0. The van der Waals surface area contributed by atoms with Gasteiger partial charge in [-0.2, -0.15) is 0 Å². The van der Waals surface area contributed by atoms with Gasteiger partial charge in [0.15, 0.2) is 0 Å². The van der Waals surface area contributed by atoms with E-state index < -0.39 is 114 Å². The van der Waals surface area contributed by atoms with E-state index in [2.05, 4.69) is 37.2 Å². The highest BCUT2D eigenvalue weighted by Gasteiger charge is 2.35. The van der Waals surface area contributed by atoms with Gasteiger partial charge in [0.1, 0.15) is 42.3 Å². The highest BCUT2D eigenvalue weighted by molar-refractivity contribution is 5.97. The minimum Gasteiger partial charge on any atom is -0.480 e. The van der Waals surface area contributed by atoms with Crippen LogP contribution in [0.4, 0.5) is 0 Å². The van der Waals surface area contributed by atoms with Crippen molar-refractivity contribution in [2.24, 2.45) is 29.4 Å². The van der Waals surface area contributed by atoms with E-state index in [1.165, 1.54) is 13.8 Å². The summed E-state index contributed by atoms with van der Waals surface area (Å²) in [6.45, 7) is 16.0. The molecule has 0 radical (unpaired) electrons. The van der Waals surface area contributed by atoms with Crippen LogP contribution in [0.2, 0.25) is 0 Å². The lowest BCUT2D eigenvalue weighted by Gasteiger charge is -2.30. The first kappa shape index (κ1) is 50.9. The van der Waals surface area contributed by atoms with Crippen molar-refractivity contribution < 1.29 is 48.6 Å². The molecular formula is C40H66N8O10. The standard InChI is InChI=1S/C40H66N8O10/c1-20(2)16-27(41)35(52)43-24(9)33(50)42-25(10)34(51)46-30(19-49)37(54)44-28(17-21(3)4)36(53)47-32(23(7)8)39(56)48-31(22(5)6)38(55)45-29(40(57)58)18-26-14-12-11-13-15-26/h11-15,20-25,27-32,49H,16-19,41H2,1-10H3,(H,42,50)(H,43,52)(H,44,54)(H,45,55)(H,46,51)(H,47,53)(H,48,56)(H,57,58)/t24-,25-,27-,28-,29-,30-,31-,32-/m0/s1. The number of nitrogens with one attached hydrogen (secondary N) is 7. The number of carboxylic acid groups (broad SMARTS) is 1. The Morgan fingerprint density at radius 2 is 0.931 bits per heavy atom. The van der Waals surface area contributed by atoms with Crippen molar-refractivity contribution in [2.45, 2.75) is 137 Å². The van der Waals surface area contributed by atoms with E-state index in [9.17, 15) is 48.6 Å². The molecule has 0 heterocycles. The fourth-order valence-corrected chi connectivity index (χ4v) is 5.75. The Kier molecular flexibility index (Phi) is 21.6. The minimum atomic E-state index is -1.54. The van der Waals surface area contributed by atoms with Gasteiger partial charge in [0.05, 0.1) is 12.6 Å². The Hall–Kier alpha value is -5.10. The monoisotopic (exact) mass is 818 g/mol. The number of aliphatic hydroxyl groups excluding tert-OH is 1. The van der Waals surface area contributed by atoms with E-state index in [-0.39, 0.29) is 24.7 Å². The van der Waals surface area contributed by atoms with Crippen molar-refractivity contribution in [2.75, 3.05) is 6.61 Å². The summed E-state index contributed by atoms with van der Waals surface area (Å²) < 4.78 is 0. The molecule has 0 saturated heterocycles. The predicted molar refractivity (Wildman–Crippen MR) is 216 cm³/mol. The van der Waals surface area contributed by atoms with Crippen LogP contribution in [0.5, 0.6) is 0 Å². The number of aliphatic hydroxyl groups is 1. The van der Waals surface area contributed by atoms with Crippen LogP contribution in [0.25, 0.3) is 0 Å². The average molecular weight is 819 g/mol. The third-order valence-electron chi connectivity index (χ3n) is 9.11. The van der Waals surface area contributed by atoms with Crippen LogP contribution in [-0.2, 0) is 44.8 Å². The molecular weight excluding hydrogens is 752 g/mol. The van der Waals surface area contributed by atoms with Crippen LogP contribution < -0.4 is 43.0 Å². The molecule has 18 heteroatoms. The molecule has 7 amide bonds. The number of carboxylic acids is 1. The predicted octanol–water partition coefficient (Wildman–Crippen LogP) is -0.529. The highest BCUT2D eigenvalue weighted by Crippen LogP contribution is 2.12. The van der Waals surface area contributed by atoms with Crippen molar-refractivity contribution in [1.82, 2.24) is 37.2 Å². The summed E-state index contributed by atoms with van der Waals surface area (Å²) in [5, 5.41) is 37.5. The van der Waals surface area contributed by atoms with Crippen molar-refractivity contribution in [3.05, 3.63) is 35.9 Å². The Bertz CT molecular complexity index is 1550. The number of aliphatic carboxylic acids is 1. The fourth-order valence-electron chi connectivity index (χ4n) is 5.75. The molecule has 18 nitrogen and oxygen atoms in total. The lowest BCUT2D eigenvalue weighted by molar-refractivity contribution is -0.142. The van der Waals surface area contributed by atoms with Gasteiger partial charge < -0.3 is 53.2 Å². The largest absolute Gasteiger partial charge is 0.480 e. The van der Waals surface area contributed by atoms with E-state index in [0.717, 1.165) is 0 Å². The lowest BCUT2D eigenvalue weighted by Crippen LogP contribution is -2.61. The van der Waals surface area contributed by atoms with Crippen molar-refractivity contribution in [3.63, 3.8) is 0 Å². The summed E-state index contributed by atoms with van der Waals surface area (Å²) in [5.74, 6) is -7.38. The first-order chi connectivity index (χ1) is 27.0. The maximum atomic E-state index is 13.7. The Balaban J connectivity index is 3.02. The van der Waals surface area contributed by atoms with Crippen LogP contribution in [-0.4, -0.2) is 112 Å². The van der Waals surface area contributed by atoms with E-state index in [0.29, 0.717) is 12.0 Å². The van der Waals surface area contributed by atoms with Crippen LogP contribution in [0, 0.1) is 23.7 Å². The molecule has 8 atom stereocenters. The molecule has 58 heavy (non-hydrogen) atoms. The van der Waals surface area contributed by atoms with Gasteiger partial charge in [0, 0.05) is 6.42 Å². The highest BCUT2D eigenvalue weighted by atomic mass is 16.4. The zero-order chi connectivity index (χ0) is 44.4. The number of nitrogens with two attached hydrogens (primary N) is 1. The third-order valence-corrected chi connectivity index (χ3v) is 9.11. The molecule has 0 bridgehead atoms. The zero-order valence-corrected chi connectivity index (χ0v) is 35.4. The van der Waals surface area contributed by atoms with Gasteiger partial charge in [-0.1, -0.05) is 85.7 Å². The topological polar surface area (TPSA) is 287 Å². The summed E-state index contributed by atoms with van der Waals surface area (Å²) in [4.78, 5) is 104. The summed E-state index contributed by atoms with van der Waals surface area (Å²) in [5.41, 5.74) is 6.57. The number of rotatable bonds is 24. The first-order valence-corrected chi connectivity index (χ1v) is 19.7. The molecule has 0 aliphatic carbocycles. The van der Waals surface area contributed by atoms with Crippen LogP contribution in [0.15, 0.2) is 30.3 Å². The Morgan fingerprint density at radius 1 is 0.517 bits per heavy atom. The maximum Gasteiger partial charge on any atom is 0.326 e. The first-order valence-electron chi connectivity index (χ1n) is 19.7. The third kappa shape index (κ3) is 17.6. The Labute approximate surface area is 341 Å². The second-order valence-corrected chi connectivity index (χ2v) is 16.2. The summed E-state index contributed by atoms with van der Waals surface area (Å²) in [6.07, 6.45) is 0.519. The second kappa shape index (κ2) is 24.6. The summed E-state index contributed by atoms with van der Waals surface area (Å²) in [6, 6.07) is -0.705. The van der Waals surface area contributed by atoms with Crippen LogP contribution >= 0.6 is 0 Å². The molecule has 1 aromatic rings. The number of benzene rings is 1. The fraction of sp³-hybridized carbons (Fsp3) is 0.650. The van der Waals surface area contributed by atoms with Crippen molar-refractivity contribution >= 4 is 47.3 Å². The number of carbonyl (C=O) groups is 8. The van der Waals surface area contributed by atoms with Crippen molar-refractivity contribution in [3.8, 4) is 0 Å². The van der Waals surface area contributed by atoms with Crippen LogP contribution in [0.3, 0.4) is 0 Å². The van der Waals surface area contributed by atoms with Gasteiger partial charge in [-0.3, -0.25) is 33.6 Å². The van der Waals surface area contributed by atoms with Gasteiger partial charge in [-0.15, -0.1) is 0 Å². The molecule has 0 aromatic heterocycles. The van der Waals surface area contributed by atoms with E-state index in [1.54, 1.807) is 71.9 Å². The molecule has 0 spiro atoms. The second-order valence-electron chi connectivity index (χ2n) is 16.2. The molecule has 0 unspecified atom stereocenters. The van der Waals surface area contributed by atoms with E-state index >= 15 is 0 Å². The number of carbonyl (C=O) groups excluding carboxylic acids is 7. The van der Waals surface area contributed by atoms with Gasteiger partial charge in [0.25, 0.3) is 0 Å². The molecule has 0 fully saturated rings. The zero-order valence-electron chi connectivity index (χ0n) is 35.4. The molecule has 11 N–H and O–H groups in total. The smallest absolute Gasteiger partial charge is 0.326 e. The van der Waals surface area contributed by atoms with Crippen LogP contribution in [0.1, 0.15) is 87.6 Å². The molecule has 1 rings (SSSR count). The summed E-state index contributed by atoms with van der Waals surface area (Å²) in [7, 11) is 0. The lowest BCUT2D eigenvalue weighted by atomic mass is 9.97. The van der Waals surface area contributed by atoms with E-state index in [4.69, 9.17) is 5.73 Å². The molecule has 326 valence electrons. The minimum absolute atomic E-state index is 0.0135. The quantitative estimate of drug-likeness (QED) is 0.0633. The van der Waals surface area contributed by atoms with Gasteiger partial charge in [-0.25, -0.2) is 4.79 Å². The molecule has 0 saturated carbocycles. The van der Waals surface area contributed by atoms with Crippen molar-refractivity contribution in [1.29, 1.82) is 0 Å². The number of hydrogen-bond acceptors (Lipinski definition) is 10. The molecule has 0 aliphatic rings. The van der Waals surface area contributed by atoms with Gasteiger partial charge in [-0.05, 0) is 55.9 Å². The molecule has 0 aliphatic heterocycles.